The Labute approximate surface area is 76.6 Å². The second-order valence-electron chi connectivity index (χ2n) is 3.04. The van der Waals surface area contributed by atoms with Gasteiger partial charge < -0.3 is 0 Å². The van der Waals surface area contributed by atoms with Crippen LogP contribution in [-0.2, 0) is 0 Å². The summed E-state index contributed by atoms with van der Waals surface area (Å²) < 4.78 is 0.729. The van der Waals surface area contributed by atoms with E-state index in [1.54, 1.807) is 10.5 Å². The SMILES string of the molecule is CC1=C[NH+](C(C)I)CCC1. The highest BCUT2D eigenvalue weighted by Crippen LogP contribution is 2.04. The minimum atomic E-state index is 0.729. The van der Waals surface area contributed by atoms with Crippen molar-refractivity contribution in [2.45, 2.75) is 30.7 Å². The van der Waals surface area contributed by atoms with Crippen molar-refractivity contribution in [3.8, 4) is 0 Å². The highest BCUT2D eigenvalue weighted by atomic mass is 127. The molecule has 0 fully saturated rings. The van der Waals surface area contributed by atoms with Crippen LogP contribution in [0.4, 0.5) is 0 Å². The highest BCUT2D eigenvalue weighted by Gasteiger charge is 2.15. The Morgan fingerprint density at radius 3 is 2.80 bits per heavy atom. The first-order valence-corrected chi connectivity index (χ1v) is 5.11. The maximum atomic E-state index is 2.49. The molecule has 0 aliphatic carbocycles. The number of quaternary nitrogens is 1. The molecule has 0 spiro atoms. The van der Waals surface area contributed by atoms with Crippen molar-refractivity contribution >= 4 is 22.6 Å². The zero-order valence-electron chi connectivity index (χ0n) is 6.65. The molecule has 0 saturated heterocycles. The van der Waals surface area contributed by atoms with Gasteiger partial charge in [0.15, 0.2) is 0 Å². The average Bonchev–Trinajstić information content (AvgIpc) is 1.88. The lowest BCUT2D eigenvalue weighted by molar-refractivity contribution is -0.854. The van der Waals surface area contributed by atoms with Crippen molar-refractivity contribution in [1.29, 1.82) is 0 Å². The van der Waals surface area contributed by atoms with Gasteiger partial charge in [0, 0.05) is 6.42 Å². The lowest BCUT2D eigenvalue weighted by Crippen LogP contribution is -3.10. The Hall–Kier alpha value is 0.430. The van der Waals surface area contributed by atoms with Crippen LogP contribution in [0.2, 0.25) is 0 Å². The number of rotatable bonds is 1. The van der Waals surface area contributed by atoms with Crippen LogP contribution < -0.4 is 4.90 Å². The molecule has 1 rings (SSSR count). The molecule has 0 amide bonds. The van der Waals surface area contributed by atoms with E-state index in [1.165, 1.54) is 19.4 Å². The summed E-state index contributed by atoms with van der Waals surface area (Å²) in [5.74, 6) is 0. The van der Waals surface area contributed by atoms with Gasteiger partial charge in [-0.15, -0.1) is 0 Å². The molecule has 58 valence electrons. The van der Waals surface area contributed by atoms with E-state index in [0.717, 1.165) is 4.05 Å². The van der Waals surface area contributed by atoms with E-state index in [-0.39, 0.29) is 0 Å². The molecule has 2 heteroatoms. The van der Waals surface area contributed by atoms with Crippen LogP contribution in [-0.4, -0.2) is 10.6 Å². The molecule has 2 atom stereocenters. The maximum Gasteiger partial charge on any atom is 0.139 e. The van der Waals surface area contributed by atoms with Gasteiger partial charge in [0.2, 0.25) is 0 Å². The molecule has 0 saturated carbocycles. The zero-order valence-corrected chi connectivity index (χ0v) is 8.81. The van der Waals surface area contributed by atoms with Crippen LogP contribution in [0.15, 0.2) is 11.8 Å². The predicted octanol–water partition coefficient (Wildman–Crippen LogP) is 1.35. The normalized spacial score (nSPS) is 29.5. The first-order valence-electron chi connectivity index (χ1n) is 3.87. The summed E-state index contributed by atoms with van der Waals surface area (Å²) in [5, 5.41) is 0. The van der Waals surface area contributed by atoms with E-state index < -0.39 is 0 Å². The van der Waals surface area contributed by atoms with Crippen molar-refractivity contribution in [2.24, 2.45) is 0 Å². The molecule has 0 aromatic rings. The van der Waals surface area contributed by atoms with E-state index in [9.17, 15) is 0 Å². The molecule has 0 bridgehead atoms. The average molecular weight is 252 g/mol. The molecule has 1 aliphatic heterocycles. The zero-order chi connectivity index (χ0) is 7.56. The molecule has 1 nitrogen and oxygen atoms in total. The molecule has 1 N–H and O–H groups in total. The Kier molecular flexibility index (Phi) is 3.17. The Bertz CT molecular complexity index is 140. The lowest BCUT2D eigenvalue weighted by Gasteiger charge is -2.22. The third-order valence-electron chi connectivity index (χ3n) is 1.98. The second kappa shape index (κ2) is 3.72. The number of hydrogen-bond donors (Lipinski definition) is 1. The van der Waals surface area contributed by atoms with E-state index in [4.69, 9.17) is 0 Å². The number of halogens is 1. The van der Waals surface area contributed by atoms with E-state index >= 15 is 0 Å². The Morgan fingerprint density at radius 1 is 1.70 bits per heavy atom. The summed E-state index contributed by atoms with van der Waals surface area (Å²) in [6.45, 7) is 5.82. The molecule has 10 heavy (non-hydrogen) atoms. The van der Waals surface area contributed by atoms with Gasteiger partial charge in [0.25, 0.3) is 0 Å². The van der Waals surface area contributed by atoms with Gasteiger partial charge in [-0.25, -0.2) is 0 Å². The first-order chi connectivity index (χ1) is 4.70. The van der Waals surface area contributed by atoms with Crippen molar-refractivity contribution in [2.75, 3.05) is 6.54 Å². The summed E-state index contributed by atoms with van der Waals surface area (Å²) in [7, 11) is 0. The number of nitrogens with one attached hydrogen (secondary N) is 1. The molecule has 0 radical (unpaired) electrons. The summed E-state index contributed by atoms with van der Waals surface area (Å²) in [4.78, 5) is 1.63. The maximum absolute atomic E-state index is 2.49. The van der Waals surface area contributed by atoms with E-state index in [0.29, 0.717) is 0 Å². The van der Waals surface area contributed by atoms with E-state index in [2.05, 4.69) is 42.6 Å². The molecule has 0 aromatic heterocycles. The Morgan fingerprint density at radius 2 is 2.40 bits per heavy atom. The minimum absolute atomic E-state index is 0.729. The van der Waals surface area contributed by atoms with Gasteiger partial charge in [-0.05, 0) is 48.4 Å². The fraction of sp³-hybridized carbons (Fsp3) is 0.750. The lowest BCUT2D eigenvalue weighted by atomic mass is 10.1. The first kappa shape index (κ1) is 8.53. The summed E-state index contributed by atoms with van der Waals surface area (Å²) in [6, 6.07) is 0. The minimum Gasteiger partial charge on any atom is -0.298 e. The molecule has 1 heterocycles. The fourth-order valence-electron chi connectivity index (χ4n) is 1.35. The third kappa shape index (κ3) is 2.23. The summed E-state index contributed by atoms with van der Waals surface area (Å²) >= 11 is 2.49. The monoisotopic (exact) mass is 252 g/mol. The topological polar surface area (TPSA) is 4.44 Å². The number of hydrogen-bond acceptors (Lipinski definition) is 0. The molecular weight excluding hydrogens is 237 g/mol. The van der Waals surface area contributed by atoms with Crippen LogP contribution in [0, 0.1) is 0 Å². The van der Waals surface area contributed by atoms with Crippen molar-refractivity contribution in [1.82, 2.24) is 0 Å². The smallest absolute Gasteiger partial charge is 0.139 e. The quantitative estimate of drug-likeness (QED) is 0.408. The Balaban J connectivity index is 2.53. The van der Waals surface area contributed by atoms with Gasteiger partial charge in [-0.1, -0.05) is 0 Å². The van der Waals surface area contributed by atoms with Crippen LogP contribution in [0.1, 0.15) is 26.7 Å². The van der Waals surface area contributed by atoms with Gasteiger partial charge in [-0.3, -0.25) is 4.90 Å². The van der Waals surface area contributed by atoms with Gasteiger partial charge in [0.1, 0.15) is 4.05 Å². The molecule has 1 aliphatic rings. The van der Waals surface area contributed by atoms with Crippen LogP contribution in [0.25, 0.3) is 0 Å². The number of alkyl halides is 1. The fourth-order valence-corrected chi connectivity index (χ4v) is 1.84. The largest absolute Gasteiger partial charge is 0.298 e. The third-order valence-corrected chi connectivity index (χ3v) is 2.78. The van der Waals surface area contributed by atoms with Gasteiger partial charge in [0.05, 0.1) is 12.7 Å². The second-order valence-corrected chi connectivity index (χ2v) is 4.90. The van der Waals surface area contributed by atoms with Crippen molar-refractivity contribution in [3.63, 3.8) is 0 Å². The van der Waals surface area contributed by atoms with Crippen LogP contribution >= 0.6 is 22.6 Å². The number of allylic oxidation sites excluding steroid dienone is 1. The molecule has 2 unspecified atom stereocenters. The molecular formula is C8H15IN+. The summed E-state index contributed by atoms with van der Waals surface area (Å²) in [6.07, 6.45) is 5.05. The van der Waals surface area contributed by atoms with E-state index in [1.807, 2.05) is 0 Å². The van der Waals surface area contributed by atoms with Crippen LogP contribution in [0.3, 0.4) is 0 Å². The molecule has 0 aromatic carbocycles. The van der Waals surface area contributed by atoms with Gasteiger partial charge in [-0.2, -0.15) is 0 Å². The standard InChI is InChI=1S/C8H14IN/c1-7-4-3-5-10(6-7)8(2)9/h6,8H,3-5H2,1-2H3/p+1. The predicted molar refractivity (Wildman–Crippen MR) is 52.3 cm³/mol. The van der Waals surface area contributed by atoms with Crippen molar-refractivity contribution < 1.29 is 4.90 Å². The summed E-state index contributed by atoms with van der Waals surface area (Å²) in [5.41, 5.74) is 1.56. The van der Waals surface area contributed by atoms with Crippen molar-refractivity contribution in [3.05, 3.63) is 11.8 Å². The van der Waals surface area contributed by atoms with Crippen LogP contribution in [0.5, 0.6) is 0 Å². The van der Waals surface area contributed by atoms with Gasteiger partial charge >= 0.3 is 0 Å². The highest BCUT2D eigenvalue weighted by molar-refractivity contribution is 14.1.